The summed E-state index contributed by atoms with van der Waals surface area (Å²) in [7, 11) is -3.69. The summed E-state index contributed by atoms with van der Waals surface area (Å²) in [6, 6.07) is 8.23. The van der Waals surface area contributed by atoms with Crippen LogP contribution in [-0.2, 0) is 15.6 Å². The minimum atomic E-state index is -3.69. The number of hydrogen-bond donors (Lipinski definition) is 2. The molecule has 1 aliphatic heterocycles. The number of piperidine rings is 1. The highest BCUT2D eigenvalue weighted by Crippen LogP contribution is 2.37. The van der Waals surface area contributed by atoms with Crippen LogP contribution < -0.4 is 14.4 Å². The summed E-state index contributed by atoms with van der Waals surface area (Å²) >= 11 is 0. The number of nitrogens with zero attached hydrogens (tertiary/aromatic N) is 5. The maximum absolute atomic E-state index is 15.3. The first-order valence-corrected chi connectivity index (χ1v) is 15.5. The third-order valence-corrected chi connectivity index (χ3v) is 7.60. The van der Waals surface area contributed by atoms with Gasteiger partial charge in [0.1, 0.15) is 17.2 Å². The van der Waals surface area contributed by atoms with Gasteiger partial charge in [-0.1, -0.05) is 0 Å². The molecule has 248 valence electrons. The van der Waals surface area contributed by atoms with Crippen LogP contribution in [0.25, 0.3) is 11.3 Å². The molecule has 0 bridgehead atoms. The molecule has 16 heteroatoms. The standard InChI is InChI=1S/C31H30F4N6O5S/c1-31(2,3)46-30(42)40-13-5-6-20(17-40)38-29-37-12-10-23(39-29)22-7-4-11-36-28(22)45-25-9-8-24(26(34)27(25)35)41(47(43)44)21-15-18(32)14-19(33)16-21/h4,7-12,14-16,20,47H,5-6,13,17H2,1-3H3,(H,37,38,39)/t20-/m0/s1. The number of likely N-dealkylation sites (tertiary alicyclic amines) is 1. The van der Waals surface area contributed by atoms with Gasteiger partial charge in [-0.3, -0.25) is 0 Å². The molecule has 5 rings (SSSR count). The maximum Gasteiger partial charge on any atom is 0.410 e. The van der Waals surface area contributed by atoms with Gasteiger partial charge in [-0.05, 0) is 76.1 Å². The molecule has 1 amide bonds. The lowest BCUT2D eigenvalue weighted by Gasteiger charge is -2.34. The number of aromatic nitrogens is 3. The number of thiol groups is 1. The minimum absolute atomic E-state index is 0.157. The Morgan fingerprint density at radius 3 is 2.45 bits per heavy atom. The molecule has 2 aromatic carbocycles. The average Bonchev–Trinajstić information content (AvgIpc) is 3.00. The zero-order valence-electron chi connectivity index (χ0n) is 25.4. The quantitative estimate of drug-likeness (QED) is 0.162. The van der Waals surface area contributed by atoms with Gasteiger partial charge >= 0.3 is 6.09 Å². The lowest BCUT2D eigenvalue weighted by Crippen LogP contribution is -2.47. The number of halogens is 4. The zero-order valence-corrected chi connectivity index (χ0v) is 26.3. The van der Waals surface area contributed by atoms with E-state index in [9.17, 15) is 22.0 Å². The fourth-order valence-electron chi connectivity index (χ4n) is 4.87. The molecule has 0 spiro atoms. The van der Waals surface area contributed by atoms with Crippen LogP contribution in [0.3, 0.4) is 0 Å². The number of hydrogen-bond acceptors (Lipinski definition) is 9. The molecule has 1 N–H and O–H groups in total. The number of pyridine rings is 1. The first-order valence-electron chi connectivity index (χ1n) is 14.4. The van der Waals surface area contributed by atoms with Crippen molar-refractivity contribution in [2.75, 3.05) is 22.7 Å². The Balaban J connectivity index is 1.37. The molecule has 0 unspecified atom stereocenters. The molecule has 1 atom stereocenters. The van der Waals surface area contributed by atoms with E-state index in [-0.39, 0.29) is 22.2 Å². The number of amides is 1. The van der Waals surface area contributed by atoms with Crippen molar-refractivity contribution in [2.24, 2.45) is 0 Å². The topological polar surface area (TPSA) is 127 Å². The summed E-state index contributed by atoms with van der Waals surface area (Å²) < 4.78 is 93.4. The molecule has 1 aliphatic rings. The molecular weight excluding hydrogens is 644 g/mol. The van der Waals surface area contributed by atoms with Crippen LogP contribution in [0.1, 0.15) is 33.6 Å². The Morgan fingerprint density at radius 1 is 1.00 bits per heavy atom. The Kier molecular flexibility index (Phi) is 9.79. The maximum atomic E-state index is 15.3. The molecule has 4 aromatic rings. The van der Waals surface area contributed by atoms with Gasteiger partial charge in [0.25, 0.3) is 0 Å². The van der Waals surface area contributed by atoms with Crippen LogP contribution in [0, 0.1) is 23.3 Å². The Labute approximate surface area is 269 Å². The summed E-state index contributed by atoms with van der Waals surface area (Å²) in [6.07, 6.45) is 3.92. The van der Waals surface area contributed by atoms with Crippen LogP contribution in [-0.4, -0.2) is 59.1 Å². The van der Waals surface area contributed by atoms with Gasteiger partial charge in [0, 0.05) is 37.6 Å². The molecule has 1 fully saturated rings. The fourth-order valence-corrected chi connectivity index (χ4v) is 5.50. The largest absolute Gasteiger partial charge is 0.444 e. The SMILES string of the molecule is CC(C)(C)OC(=O)N1CCC[C@H](Nc2nccc(-c3cccnc3Oc3ccc(N(c4cc(F)cc(F)c4)[SH](=O)=O)c(F)c3F)n2)C1. The highest BCUT2D eigenvalue weighted by atomic mass is 32.2. The van der Waals surface area contributed by atoms with E-state index < -0.39 is 63.0 Å². The van der Waals surface area contributed by atoms with Gasteiger partial charge in [-0.2, -0.15) is 4.39 Å². The van der Waals surface area contributed by atoms with Crippen LogP contribution in [0.2, 0.25) is 0 Å². The van der Waals surface area contributed by atoms with E-state index in [1.54, 1.807) is 43.9 Å². The minimum Gasteiger partial charge on any atom is -0.444 e. The van der Waals surface area contributed by atoms with Gasteiger partial charge in [0.05, 0.1) is 22.6 Å². The van der Waals surface area contributed by atoms with Crippen molar-refractivity contribution >= 4 is 34.3 Å². The lowest BCUT2D eigenvalue weighted by atomic mass is 10.1. The number of carbonyl (C=O) groups excluding carboxylic acids is 1. The van der Waals surface area contributed by atoms with E-state index in [1.165, 1.54) is 12.4 Å². The van der Waals surface area contributed by atoms with Crippen molar-refractivity contribution in [2.45, 2.75) is 45.3 Å². The van der Waals surface area contributed by atoms with E-state index in [2.05, 4.69) is 20.3 Å². The third kappa shape index (κ3) is 8.06. The Bertz CT molecular complexity index is 1840. The van der Waals surface area contributed by atoms with E-state index >= 15 is 8.78 Å². The monoisotopic (exact) mass is 674 g/mol. The third-order valence-electron chi connectivity index (χ3n) is 6.83. The summed E-state index contributed by atoms with van der Waals surface area (Å²) in [5.41, 5.74) is -1.41. The van der Waals surface area contributed by atoms with Crippen LogP contribution >= 0.6 is 0 Å². The fraction of sp³-hybridized carbons (Fsp3) is 0.290. The van der Waals surface area contributed by atoms with Crippen molar-refractivity contribution in [1.82, 2.24) is 19.9 Å². The number of carbonyl (C=O) groups is 1. The molecule has 2 aromatic heterocycles. The molecule has 0 aliphatic carbocycles. The van der Waals surface area contributed by atoms with Crippen LogP contribution in [0.5, 0.6) is 11.6 Å². The summed E-state index contributed by atoms with van der Waals surface area (Å²) in [6.45, 7) is 6.32. The van der Waals surface area contributed by atoms with Crippen LogP contribution in [0.4, 0.5) is 39.7 Å². The van der Waals surface area contributed by atoms with Crippen molar-refractivity contribution < 1.29 is 40.2 Å². The van der Waals surface area contributed by atoms with Gasteiger partial charge in [0.15, 0.2) is 11.6 Å². The smallest absolute Gasteiger partial charge is 0.410 e. The van der Waals surface area contributed by atoms with Crippen molar-refractivity contribution in [1.29, 1.82) is 0 Å². The summed E-state index contributed by atoms with van der Waals surface area (Å²) in [5, 5.41) is 3.23. The second-order valence-electron chi connectivity index (χ2n) is 11.5. The number of anilines is 3. The molecule has 11 nitrogen and oxygen atoms in total. The molecular formula is C31H30F4N6O5S. The predicted octanol–water partition coefficient (Wildman–Crippen LogP) is 6.36. The summed E-state index contributed by atoms with van der Waals surface area (Å²) in [4.78, 5) is 27.1. The number of rotatable bonds is 8. The molecule has 1 saturated heterocycles. The number of benzene rings is 2. The Hall–Kier alpha value is -4.99. The Morgan fingerprint density at radius 2 is 1.74 bits per heavy atom. The normalized spacial score (nSPS) is 15.0. The van der Waals surface area contributed by atoms with E-state index in [1.807, 2.05) is 0 Å². The summed E-state index contributed by atoms with van der Waals surface area (Å²) in [5.74, 6) is -6.01. The number of nitrogens with one attached hydrogen (secondary N) is 1. The van der Waals surface area contributed by atoms with Gasteiger partial charge in [0.2, 0.25) is 28.5 Å². The first-order chi connectivity index (χ1) is 22.3. The molecule has 0 radical (unpaired) electrons. The second-order valence-corrected chi connectivity index (χ2v) is 12.4. The van der Waals surface area contributed by atoms with E-state index in [0.29, 0.717) is 42.5 Å². The van der Waals surface area contributed by atoms with Crippen molar-refractivity contribution in [3.05, 3.63) is 84.2 Å². The van der Waals surface area contributed by atoms with E-state index in [4.69, 9.17) is 9.47 Å². The molecule has 0 saturated carbocycles. The van der Waals surface area contributed by atoms with Crippen molar-refractivity contribution in [3.8, 4) is 22.9 Å². The first kappa shape index (κ1) is 33.4. The average molecular weight is 675 g/mol. The second kappa shape index (κ2) is 13.8. The highest BCUT2D eigenvalue weighted by Gasteiger charge is 2.28. The van der Waals surface area contributed by atoms with Crippen molar-refractivity contribution in [3.63, 3.8) is 0 Å². The zero-order chi connectivity index (χ0) is 33.9. The highest BCUT2D eigenvalue weighted by molar-refractivity contribution is 7.74. The van der Waals surface area contributed by atoms with E-state index in [0.717, 1.165) is 25.0 Å². The van der Waals surface area contributed by atoms with Gasteiger partial charge in [-0.15, -0.1) is 0 Å². The van der Waals surface area contributed by atoms with Gasteiger partial charge < -0.3 is 19.7 Å². The molecule has 47 heavy (non-hydrogen) atoms. The van der Waals surface area contributed by atoms with Crippen LogP contribution in [0.15, 0.2) is 60.9 Å². The molecule has 3 heterocycles. The predicted molar refractivity (Wildman–Crippen MR) is 165 cm³/mol. The van der Waals surface area contributed by atoms with Gasteiger partial charge in [-0.25, -0.2) is 45.6 Å². The lowest BCUT2D eigenvalue weighted by molar-refractivity contribution is 0.0206. The number of ether oxygens (including phenoxy) is 2.